The molecule has 0 radical (unpaired) electrons. The van der Waals surface area contributed by atoms with Crippen LogP contribution in [0.1, 0.15) is 64.7 Å². The molecule has 0 bridgehead atoms. The zero-order valence-electron chi connectivity index (χ0n) is 19.3. The van der Waals surface area contributed by atoms with Crippen molar-refractivity contribution >= 4 is 17.0 Å². The number of methoxy groups -OCH3 is 1. The number of nitrogens with zero attached hydrogens (tertiary/aromatic N) is 4. The summed E-state index contributed by atoms with van der Waals surface area (Å²) in [4.78, 5) is 10.2. The predicted molar refractivity (Wildman–Crippen MR) is 126 cm³/mol. The Morgan fingerprint density at radius 1 is 1.13 bits per heavy atom. The van der Waals surface area contributed by atoms with Crippen LogP contribution in [-0.2, 0) is 6.54 Å². The van der Waals surface area contributed by atoms with Crippen molar-refractivity contribution in [2.24, 2.45) is 5.92 Å². The first kappa shape index (κ1) is 21.5. The lowest BCUT2D eigenvalue weighted by Crippen LogP contribution is -2.40. The molecule has 30 heavy (non-hydrogen) atoms. The molecular weight excluding hydrogens is 372 g/mol. The first-order valence-corrected chi connectivity index (χ1v) is 12.2. The predicted octanol–water partition coefficient (Wildman–Crippen LogP) is 5.33. The zero-order chi connectivity index (χ0) is 20.9. The number of hydrogen-bond donors (Lipinski definition) is 0. The lowest BCUT2D eigenvalue weighted by molar-refractivity contribution is 0.167. The van der Waals surface area contributed by atoms with Crippen LogP contribution in [0.25, 0.3) is 11.0 Å². The maximum Gasteiger partial charge on any atom is 0.206 e. The number of imidazole rings is 1. The summed E-state index contributed by atoms with van der Waals surface area (Å²) in [7, 11) is 4.09. The lowest BCUT2D eigenvalue weighted by Gasteiger charge is -2.35. The van der Waals surface area contributed by atoms with Crippen LogP contribution in [0.5, 0.6) is 5.75 Å². The molecule has 1 saturated carbocycles. The van der Waals surface area contributed by atoms with E-state index in [1.54, 1.807) is 7.11 Å². The van der Waals surface area contributed by atoms with Crippen LogP contribution in [0.4, 0.5) is 5.95 Å². The first-order valence-electron chi connectivity index (χ1n) is 12.2. The van der Waals surface area contributed by atoms with Crippen molar-refractivity contribution in [3.8, 4) is 5.75 Å². The summed E-state index contributed by atoms with van der Waals surface area (Å²) < 4.78 is 7.81. The fourth-order valence-corrected chi connectivity index (χ4v) is 5.57. The van der Waals surface area contributed by atoms with Crippen LogP contribution in [-0.4, -0.2) is 54.3 Å². The molecule has 0 spiro atoms. The molecule has 5 nitrogen and oxygen atoms in total. The summed E-state index contributed by atoms with van der Waals surface area (Å²) in [5, 5.41) is 0. The Morgan fingerprint density at radius 2 is 1.97 bits per heavy atom. The number of anilines is 1. The van der Waals surface area contributed by atoms with Crippen molar-refractivity contribution < 1.29 is 4.74 Å². The molecule has 1 aliphatic heterocycles. The Balaban J connectivity index is 1.43. The summed E-state index contributed by atoms with van der Waals surface area (Å²) in [6, 6.07) is 6.95. The first-order chi connectivity index (χ1) is 14.7. The van der Waals surface area contributed by atoms with Crippen LogP contribution < -0.4 is 9.64 Å². The van der Waals surface area contributed by atoms with E-state index in [4.69, 9.17) is 9.72 Å². The topological polar surface area (TPSA) is 33.5 Å². The second-order valence-electron chi connectivity index (χ2n) is 9.43. The normalized spacial score (nSPS) is 18.7. The van der Waals surface area contributed by atoms with Gasteiger partial charge in [0.05, 0.1) is 18.1 Å². The van der Waals surface area contributed by atoms with Gasteiger partial charge in [-0.3, -0.25) is 0 Å². The third kappa shape index (κ3) is 4.77. The van der Waals surface area contributed by atoms with Crippen molar-refractivity contribution in [1.82, 2.24) is 14.5 Å². The van der Waals surface area contributed by atoms with Crippen LogP contribution in [0, 0.1) is 5.92 Å². The fourth-order valence-electron chi connectivity index (χ4n) is 5.57. The molecule has 1 atom stereocenters. The number of aromatic nitrogens is 2. The molecule has 0 N–H and O–H groups in total. The van der Waals surface area contributed by atoms with E-state index in [0.29, 0.717) is 6.04 Å². The highest BCUT2D eigenvalue weighted by Gasteiger charge is 2.24. The van der Waals surface area contributed by atoms with Crippen molar-refractivity contribution in [2.75, 3.05) is 38.7 Å². The average Bonchev–Trinajstić information content (AvgIpc) is 3.15. The minimum atomic E-state index is 0.678. The van der Waals surface area contributed by atoms with Crippen molar-refractivity contribution in [3.05, 3.63) is 18.2 Å². The maximum atomic E-state index is 5.41. The van der Waals surface area contributed by atoms with Gasteiger partial charge in [-0.2, -0.15) is 0 Å². The lowest BCUT2D eigenvalue weighted by atomic mass is 9.88. The molecule has 1 fully saturated rings. The standard InChI is InChI=1S/C25H40N4O/c1-4-9-21(27(2)19-20-10-6-5-7-11-20)14-17-28-15-8-16-29-24-13-12-22(30-3)18-23(24)26-25(28)29/h12-13,18,20-21H,4-11,14-17,19H2,1-3H3. The molecule has 1 aromatic heterocycles. The van der Waals surface area contributed by atoms with Gasteiger partial charge in [0, 0.05) is 38.3 Å². The summed E-state index contributed by atoms with van der Waals surface area (Å²) in [6.45, 7) is 6.89. The SMILES string of the molecule is CCCC(CCN1CCCn2c1nc1cc(OC)ccc12)N(C)CC1CCCCC1. The van der Waals surface area contributed by atoms with Crippen LogP contribution in [0.15, 0.2) is 18.2 Å². The van der Waals surface area contributed by atoms with E-state index in [0.717, 1.165) is 42.8 Å². The minimum Gasteiger partial charge on any atom is -0.497 e. The number of fused-ring (bicyclic) bond motifs is 3. The summed E-state index contributed by atoms with van der Waals surface area (Å²) >= 11 is 0. The van der Waals surface area contributed by atoms with E-state index in [-0.39, 0.29) is 0 Å². The highest BCUT2D eigenvalue weighted by Crippen LogP contribution is 2.30. The van der Waals surface area contributed by atoms with Gasteiger partial charge in [-0.25, -0.2) is 4.98 Å². The van der Waals surface area contributed by atoms with Crippen molar-refractivity contribution in [2.45, 2.75) is 77.3 Å². The quantitative estimate of drug-likeness (QED) is 0.558. The number of rotatable bonds is 9. The second-order valence-corrected chi connectivity index (χ2v) is 9.43. The molecule has 5 heteroatoms. The van der Waals surface area contributed by atoms with E-state index >= 15 is 0 Å². The Bertz CT molecular complexity index is 811. The van der Waals surface area contributed by atoms with Crippen LogP contribution >= 0.6 is 0 Å². The van der Waals surface area contributed by atoms with Crippen molar-refractivity contribution in [3.63, 3.8) is 0 Å². The van der Waals surface area contributed by atoms with Gasteiger partial charge < -0.3 is 19.1 Å². The molecule has 1 unspecified atom stereocenters. The molecule has 4 rings (SSSR count). The van der Waals surface area contributed by atoms with Crippen LogP contribution in [0.3, 0.4) is 0 Å². The minimum absolute atomic E-state index is 0.678. The van der Waals surface area contributed by atoms with Crippen molar-refractivity contribution in [1.29, 1.82) is 0 Å². The molecule has 0 saturated heterocycles. The Labute approximate surface area is 182 Å². The van der Waals surface area contributed by atoms with Gasteiger partial charge in [0.15, 0.2) is 0 Å². The third-order valence-electron chi connectivity index (χ3n) is 7.28. The van der Waals surface area contributed by atoms with E-state index in [1.165, 1.54) is 69.8 Å². The monoisotopic (exact) mass is 412 g/mol. The average molecular weight is 413 g/mol. The van der Waals surface area contributed by atoms with Crippen LogP contribution in [0.2, 0.25) is 0 Å². The number of hydrogen-bond acceptors (Lipinski definition) is 4. The number of aryl methyl sites for hydroxylation is 1. The summed E-state index contributed by atoms with van der Waals surface area (Å²) in [6.07, 6.45) is 12.2. The Hall–Kier alpha value is -1.75. The number of benzene rings is 1. The molecule has 0 amide bonds. The molecule has 2 heterocycles. The van der Waals surface area contributed by atoms with Gasteiger partial charge in [0.25, 0.3) is 0 Å². The molecule has 1 aliphatic carbocycles. The van der Waals surface area contributed by atoms with Gasteiger partial charge in [0.2, 0.25) is 5.95 Å². The largest absolute Gasteiger partial charge is 0.497 e. The molecule has 166 valence electrons. The summed E-state index contributed by atoms with van der Waals surface area (Å²) in [5.41, 5.74) is 2.28. The van der Waals surface area contributed by atoms with E-state index < -0.39 is 0 Å². The highest BCUT2D eigenvalue weighted by molar-refractivity contribution is 5.80. The molecule has 2 aliphatic rings. The highest BCUT2D eigenvalue weighted by atomic mass is 16.5. The third-order valence-corrected chi connectivity index (χ3v) is 7.28. The second kappa shape index (κ2) is 10.0. The van der Waals surface area contributed by atoms with Gasteiger partial charge >= 0.3 is 0 Å². The molecule has 1 aromatic carbocycles. The molecular formula is C25H40N4O. The maximum absolute atomic E-state index is 5.41. The van der Waals surface area contributed by atoms with Gasteiger partial charge in [-0.05, 0) is 57.2 Å². The Kier molecular flexibility index (Phi) is 7.19. The van der Waals surface area contributed by atoms with Gasteiger partial charge in [-0.1, -0.05) is 32.6 Å². The number of ether oxygens (including phenoxy) is 1. The molecule has 2 aromatic rings. The fraction of sp³-hybridized carbons (Fsp3) is 0.720. The summed E-state index contributed by atoms with van der Waals surface area (Å²) in [5.74, 6) is 2.95. The zero-order valence-corrected chi connectivity index (χ0v) is 19.3. The Morgan fingerprint density at radius 3 is 2.73 bits per heavy atom. The van der Waals surface area contributed by atoms with E-state index in [1.807, 2.05) is 6.07 Å². The van der Waals surface area contributed by atoms with E-state index in [9.17, 15) is 0 Å². The van der Waals surface area contributed by atoms with Gasteiger partial charge in [0.1, 0.15) is 5.75 Å². The van der Waals surface area contributed by atoms with E-state index in [2.05, 4.69) is 40.5 Å². The smallest absolute Gasteiger partial charge is 0.206 e. The van der Waals surface area contributed by atoms with Gasteiger partial charge in [-0.15, -0.1) is 0 Å².